The molecule has 1 aromatic carbocycles. The Morgan fingerprint density at radius 3 is 2.73 bits per heavy atom. The fourth-order valence-electron chi connectivity index (χ4n) is 3.63. The molecule has 2 heterocycles. The summed E-state index contributed by atoms with van der Waals surface area (Å²) >= 11 is 0. The smallest absolute Gasteiger partial charge is 0.410 e. The summed E-state index contributed by atoms with van der Waals surface area (Å²) in [6.45, 7) is 6.64. The van der Waals surface area contributed by atoms with E-state index in [0.717, 1.165) is 16.9 Å². The first-order valence-electron chi connectivity index (χ1n) is 10.0. The van der Waals surface area contributed by atoms with Gasteiger partial charge in [-0.1, -0.05) is 17.3 Å². The van der Waals surface area contributed by atoms with Crippen molar-refractivity contribution in [2.75, 3.05) is 18.4 Å². The molecule has 1 amide bonds. The molecule has 9 nitrogen and oxygen atoms in total. The summed E-state index contributed by atoms with van der Waals surface area (Å²) in [6, 6.07) is 7.66. The number of carbonyl (C=O) groups excluding carboxylic acids is 1. The molecule has 9 heteroatoms. The van der Waals surface area contributed by atoms with Crippen molar-refractivity contribution in [3.05, 3.63) is 41.7 Å². The van der Waals surface area contributed by atoms with Crippen LogP contribution in [0.4, 0.5) is 10.5 Å². The van der Waals surface area contributed by atoms with Crippen LogP contribution in [-0.2, 0) is 23.1 Å². The molecular weight excluding hydrogens is 386 g/mol. The van der Waals surface area contributed by atoms with Crippen molar-refractivity contribution in [2.45, 2.75) is 45.3 Å². The Hall–Kier alpha value is -3.10. The van der Waals surface area contributed by atoms with E-state index < -0.39 is 23.6 Å². The second-order valence-corrected chi connectivity index (χ2v) is 8.63. The summed E-state index contributed by atoms with van der Waals surface area (Å²) in [5.41, 5.74) is 1.94. The molecular formula is C21H29N5O4. The lowest BCUT2D eigenvalue weighted by molar-refractivity contribution is -0.144. The molecule has 2 atom stereocenters. The van der Waals surface area contributed by atoms with Crippen LogP contribution in [0.5, 0.6) is 0 Å². The minimum absolute atomic E-state index is 0.305. The number of amides is 1. The summed E-state index contributed by atoms with van der Waals surface area (Å²) in [7, 11) is 1.81. The highest BCUT2D eigenvalue weighted by atomic mass is 16.6. The molecule has 0 saturated carbocycles. The van der Waals surface area contributed by atoms with Gasteiger partial charge in [0.15, 0.2) is 0 Å². The van der Waals surface area contributed by atoms with Crippen molar-refractivity contribution in [3.63, 3.8) is 0 Å². The first-order valence-corrected chi connectivity index (χ1v) is 10.0. The lowest BCUT2D eigenvalue weighted by Gasteiger charge is -2.37. The van der Waals surface area contributed by atoms with Gasteiger partial charge in [0, 0.05) is 37.9 Å². The molecule has 3 rings (SSSR count). The number of carboxylic acid groups (broad SMARTS) is 1. The molecule has 1 aromatic heterocycles. The highest BCUT2D eigenvalue weighted by Gasteiger charge is 2.38. The fraction of sp³-hybridized carbons (Fsp3) is 0.524. The van der Waals surface area contributed by atoms with Gasteiger partial charge in [0.05, 0.1) is 12.5 Å². The van der Waals surface area contributed by atoms with Crippen LogP contribution >= 0.6 is 0 Å². The molecule has 0 spiro atoms. The van der Waals surface area contributed by atoms with Crippen molar-refractivity contribution in [3.8, 4) is 0 Å². The van der Waals surface area contributed by atoms with Gasteiger partial charge in [0.25, 0.3) is 0 Å². The molecule has 1 aliphatic rings. The normalized spacial score (nSPS) is 19.4. The van der Waals surface area contributed by atoms with Crippen LogP contribution in [0, 0.1) is 5.92 Å². The summed E-state index contributed by atoms with van der Waals surface area (Å²) < 4.78 is 7.12. The van der Waals surface area contributed by atoms with Crippen LogP contribution in [0.2, 0.25) is 0 Å². The number of aromatic nitrogens is 3. The Balaban J connectivity index is 1.75. The van der Waals surface area contributed by atoms with Gasteiger partial charge in [-0.2, -0.15) is 0 Å². The topological polar surface area (TPSA) is 110 Å². The number of aliphatic carboxylic acids is 1. The first-order chi connectivity index (χ1) is 14.1. The van der Waals surface area contributed by atoms with Gasteiger partial charge in [-0.3, -0.25) is 9.48 Å². The number of benzene rings is 1. The quantitative estimate of drug-likeness (QED) is 0.773. The number of aryl methyl sites for hydroxylation is 1. The minimum Gasteiger partial charge on any atom is -0.481 e. The second kappa shape index (κ2) is 8.73. The van der Waals surface area contributed by atoms with E-state index in [2.05, 4.69) is 15.6 Å². The van der Waals surface area contributed by atoms with E-state index in [-0.39, 0.29) is 5.92 Å². The number of nitrogens with zero attached hydrogens (tertiary/aromatic N) is 4. The molecule has 162 valence electrons. The number of rotatable bonds is 5. The van der Waals surface area contributed by atoms with E-state index >= 15 is 0 Å². The van der Waals surface area contributed by atoms with E-state index in [4.69, 9.17) is 4.74 Å². The van der Waals surface area contributed by atoms with Crippen LogP contribution in [-0.4, -0.2) is 55.8 Å². The SMILES string of the molecule is Cn1cc(CNc2cccc([C@@H]3CN(C(=O)OC(C)(C)C)CC[C@H]3C(=O)O)c2)nn1. The largest absolute Gasteiger partial charge is 0.481 e. The third-order valence-electron chi connectivity index (χ3n) is 5.02. The maximum absolute atomic E-state index is 12.5. The van der Waals surface area contributed by atoms with E-state index in [9.17, 15) is 14.7 Å². The molecule has 0 radical (unpaired) electrons. The Labute approximate surface area is 176 Å². The maximum Gasteiger partial charge on any atom is 0.410 e. The number of carbonyl (C=O) groups is 2. The van der Waals surface area contributed by atoms with E-state index in [1.54, 1.807) is 9.58 Å². The van der Waals surface area contributed by atoms with Crippen LogP contribution in [0.3, 0.4) is 0 Å². The number of anilines is 1. The number of carboxylic acids is 1. The summed E-state index contributed by atoms with van der Waals surface area (Å²) in [4.78, 5) is 26.0. The van der Waals surface area contributed by atoms with Crippen molar-refractivity contribution >= 4 is 17.7 Å². The van der Waals surface area contributed by atoms with Gasteiger partial charge >= 0.3 is 12.1 Å². The van der Waals surface area contributed by atoms with Gasteiger partial charge in [0.2, 0.25) is 0 Å². The summed E-state index contributed by atoms with van der Waals surface area (Å²) in [5, 5.41) is 21.0. The lowest BCUT2D eigenvalue weighted by Crippen LogP contribution is -2.46. The number of piperidine rings is 1. The highest BCUT2D eigenvalue weighted by molar-refractivity contribution is 5.73. The molecule has 2 aromatic rings. The van der Waals surface area contributed by atoms with Crippen LogP contribution in [0.1, 0.15) is 44.4 Å². The third kappa shape index (κ3) is 5.49. The van der Waals surface area contributed by atoms with E-state index in [1.807, 2.05) is 58.3 Å². The molecule has 1 fully saturated rings. The average molecular weight is 415 g/mol. The molecule has 1 aliphatic heterocycles. The van der Waals surface area contributed by atoms with E-state index in [0.29, 0.717) is 26.1 Å². The molecule has 1 saturated heterocycles. The molecule has 30 heavy (non-hydrogen) atoms. The molecule has 2 N–H and O–H groups in total. The lowest BCUT2D eigenvalue weighted by atomic mass is 9.80. The average Bonchev–Trinajstić information content (AvgIpc) is 3.10. The van der Waals surface area contributed by atoms with Gasteiger partial charge < -0.3 is 20.1 Å². The van der Waals surface area contributed by atoms with Gasteiger partial charge in [0.1, 0.15) is 11.3 Å². The van der Waals surface area contributed by atoms with Gasteiger partial charge in [-0.05, 0) is 44.9 Å². The van der Waals surface area contributed by atoms with Crippen LogP contribution < -0.4 is 5.32 Å². The van der Waals surface area contributed by atoms with Gasteiger partial charge in [-0.25, -0.2) is 4.79 Å². The fourth-order valence-corrected chi connectivity index (χ4v) is 3.63. The predicted octanol–water partition coefficient (Wildman–Crippen LogP) is 2.85. The van der Waals surface area contributed by atoms with Crippen molar-refractivity contribution in [2.24, 2.45) is 13.0 Å². The zero-order valence-electron chi connectivity index (χ0n) is 17.8. The number of ether oxygens (including phenoxy) is 1. The minimum atomic E-state index is -0.846. The zero-order chi connectivity index (χ0) is 21.9. The van der Waals surface area contributed by atoms with E-state index in [1.165, 1.54) is 0 Å². The Morgan fingerprint density at radius 1 is 1.33 bits per heavy atom. The first kappa shape index (κ1) is 21.6. The number of nitrogens with one attached hydrogen (secondary N) is 1. The zero-order valence-corrected chi connectivity index (χ0v) is 17.8. The Kier molecular flexibility index (Phi) is 6.28. The second-order valence-electron chi connectivity index (χ2n) is 8.63. The van der Waals surface area contributed by atoms with Crippen molar-refractivity contribution in [1.29, 1.82) is 0 Å². The van der Waals surface area contributed by atoms with Crippen molar-refractivity contribution < 1.29 is 19.4 Å². The summed E-state index contributed by atoms with van der Waals surface area (Å²) in [6.07, 6.45) is 1.81. The number of hydrogen-bond donors (Lipinski definition) is 2. The number of hydrogen-bond acceptors (Lipinski definition) is 6. The molecule has 0 unspecified atom stereocenters. The molecule has 0 bridgehead atoms. The predicted molar refractivity (Wildman–Crippen MR) is 111 cm³/mol. The molecule has 0 aliphatic carbocycles. The standard InChI is InChI=1S/C21H29N5O4/c1-21(2,3)30-20(29)26-9-8-17(19(27)28)18(13-26)14-6-5-7-15(10-14)22-11-16-12-25(4)24-23-16/h5-7,10,12,17-18,22H,8-9,11,13H2,1-4H3,(H,27,28)/t17-,18+/m1/s1. The Morgan fingerprint density at radius 2 is 2.10 bits per heavy atom. The number of likely N-dealkylation sites (tertiary alicyclic amines) is 1. The monoisotopic (exact) mass is 415 g/mol. The van der Waals surface area contributed by atoms with Crippen LogP contribution in [0.25, 0.3) is 0 Å². The van der Waals surface area contributed by atoms with Crippen molar-refractivity contribution in [1.82, 2.24) is 19.9 Å². The Bertz CT molecular complexity index is 905. The highest BCUT2D eigenvalue weighted by Crippen LogP contribution is 2.34. The van der Waals surface area contributed by atoms with Gasteiger partial charge in [-0.15, -0.1) is 5.10 Å². The van der Waals surface area contributed by atoms with Crippen LogP contribution in [0.15, 0.2) is 30.5 Å². The maximum atomic E-state index is 12.5. The third-order valence-corrected chi connectivity index (χ3v) is 5.02. The summed E-state index contributed by atoms with van der Waals surface area (Å²) in [5.74, 6) is -1.72.